The predicted octanol–water partition coefficient (Wildman–Crippen LogP) is 5.38. The Labute approximate surface area is 136 Å². The van der Waals surface area contributed by atoms with Crippen LogP contribution in [0.4, 0.5) is 0 Å². The fraction of sp³-hybridized carbons (Fsp3) is 0.368. The van der Waals surface area contributed by atoms with Crippen LogP contribution in [0.5, 0.6) is 0 Å². The highest BCUT2D eigenvalue weighted by Gasteiger charge is 2.18. The van der Waals surface area contributed by atoms with Gasteiger partial charge in [0, 0.05) is 4.47 Å². The third-order valence-electron chi connectivity index (χ3n) is 4.01. The van der Waals surface area contributed by atoms with Crippen molar-refractivity contribution >= 4 is 15.9 Å². The van der Waals surface area contributed by atoms with Gasteiger partial charge in [0.1, 0.15) is 0 Å². The van der Waals surface area contributed by atoms with Crippen molar-refractivity contribution in [1.82, 2.24) is 5.32 Å². The first kappa shape index (κ1) is 16.3. The maximum absolute atomic E-state index is 3.66. The summed E-state index contributed by atoms with van der Waals surface area (Å²) in [5.41, 5.74) is 7.99. The van der Waals surface area contributed by atoms with Gasteiger partial charge < -0.3 is 5.32 Å². The highest BCUT2D eigenvalue weighted by Crippen LogP contribution is 2.31. The van der Waals surface area contributed by atoms with Crippen molar-refractivity contribution in [3.8, 4) is 0 Å². The molecule has 0 radical (unpaired) electrons. The van der Waals surface area contributed by atoms with Gasteiger partial charge in [0.25, 0.3) is 0 Å². The van der Waals surface area contributed by atoms with Crippen LogP contribution in [0.2, 0.25) is 0 Å². The van der Waals surface area contributed by atoms with Gasteiger partial charge in [0.05, 0.1) is 6.04 Å². The van der Waals surface area contributed by atoms with E-state index >= 15 is 0 Å². The number of rotatable bonds is 4. The Morgan fingerprint density at radius 2 is 1.57 bits per heavy atom. The first-order valence-corrected chi connectivity index (χ1v) is 8.30. The maximum atomic E-state index is 3.66. The molecule has 0 saturated carbocycles. The predicted molar refractivity (Wildman–Crippen MR) is 95.1 cm³/mol. The molecule has 2 aromatic rings. The highest BCUT2D eigenvalue weighted by atomic mass is 79.9. The molecule has 2 aromatic carbocycles. The molecule has 0 aromatic heterocycles. The average molecular weight is 346 g/mol. The van der Waals surface area contributed by atoms with E-state index in [0.29, 0.717) is 0 Å². The van der Waals surface area contributed by atoms with Crippen molar-refractivity contribution in [2.75, 3.05) is 6.54 Å². The molecule has 21 heavy (non-hydrogen) atoms. The minimum absolute atomic E-state index is 0.252. The van der Waals surface area contributed by atoms with E-state index in [4.69, 9.17) is 0 Å². The number of hydrogen-bond donors (Lipinski definition) is 1. The van der Waals surface area contributed by atoms with Crippen LogP contribution in [0.3, 0.4) is 0 Å². The molecule has 0 fully saturated rings. The summed E-state index contributed by atoms with van der Waals surface area (Å²) in [6.45, 7) is 11.8. The molecule has 1 nitrogen and oxygen atoms in total. The summed E-state index contributed by atoms with van der Waals surface area (Å²) in [6.07, 6.45) is 0. The monoisotopic (exact) mass is 345 g/mol. The Bertz CT molecular complexity index is 646. The molecule has 0 amide bonds. The van der Waals surface area contributed by atoms with Crippen LogP contribution in [0.25, 0.3) is 0 Å². The quantitative estimate of drug-likeness (QED) is 0.783. The lowest BCUT2D eigenvalue weighted by atomic mass is 9.90. The Hall–Kier alpha value is -1.12. The molecule has 0 spiro atoms. The Balaban J connectivity index is 2.58. The second-order valence-corrected chi connectivity index (χ2v) is 6.66. The Morgan fingerprint density at radius 3 is 2.24 bits per heavy atom. The summed E-state index contributed by atoms with van der Waals surface area (Å²) in [4.78, 5) is 0. The lowest BCUT2D eigenvalue weighted by Crippen LogP contribution is -2.24. The number of benzene rings is 2. The zero-order chi connectivity index (χ0) is 15.6. The van der Waals surface area contributed by atoms with Gasteiger partial charge in [-0.1, -0.05) is 52.7 Å². The first-order valence-electron chi connectivity index (χ1n) is 7.51. The van der Waals surface area contributed by atoms with Crippen LogP contribution < -0.4 is 5.32 Å². The lowest BCUT2D eigenvalue weighted by molar-refractivity contribution is 0.624. The van der Waals surface area contributed by atoms with Crippen LogP contribution in [0.15, 0.2) is 34.8 Å². The molecule has 0 bridgehead atoms. The second kappa shape index (κ2) is 6.76. The zero-order valence-electron chi connectivity index (χ0n) is 13.5. The summed E-state index contributed by atoms with van der Waals surface area (Å²) < 4.78 is 1.18. The number of nitrogens with one attached hydrogen (secondary N) is 1. The van der Waals surface area contributed by atoms with Crippen molar-refractivity contribution in [3.63, 3.8) is 0 Å². The first-order chi connectivity index (χ1) is 9.93. The van der Waals surface area contributed by atoms with Gasteiger partial charge in [0.2, 0.25) is 0 Å². The van der Waals surface area contributed by atoms with Crippen molar-refractivity contribution in [2.45, 2.75) is 40.7 Å². The SMILES string of the molecule is CCNC(c1cc(C)ccc1C)c1cc(C)c(Br)cc1C. The summed E-state index contributed by atoms with van der Waals surface area (Å²) in [5.74, 6) is 0. The van der Waals surface area contributed by atoms with Crippen LogP contribution in [-0.4, -0.2) is 6.54 Å². The molecule has 0 heterocycles. The minimum Gasteiger partial charge on any atom is -0.307 e. The van der Waals surface area contributed by atoms with Gasteiger partial charge >= 0.3 is 0 Å². The highest BCUT2D eigenvalue weighted by molar-refractivity contribution is 9.10. The van der Waals surface area contributed by atoms with Crippen LogP contribution in [-0.2, 0) is 0 Å². The summed E-state index contributed by atoms with van der Waals surface area (Å²) in [5, 5.41) is 3.66. The molecular formula is C19H24BrN. The molecule has 0 saturated heterocycles. The molecular weight excluding hydrogens is 322 g/mol. The molecule has 2 rings (SSSR count). The maximum Gasteiger partial charge on any atom is 0.0582 e. The van der Waals surface area contributed by atoms with E-state index in [1.807, 2.05) is 0 Å². The van der Waals surface area contributed by atoms with Crippen LogP contribution in [0.1, 0.15) is 46.3 Å². The van der Waals surface area contributed by atoms with Crippen molar-refractivity contribution < 1.29 is 0 Å². The van der Waals surface area contributed by atoms with Gasteiger partial charge in [-0.3, -0.25) is 0 Å². The van der Waals surface area contributed by atoms with Crippen LogP contribution in [0, 0.1) is 27.7 Å². The second-order valence-electron chi connectivity index (χ2n) is 5.81. The van der Waals surface area contributed by atoms with E-state index in [1.54, 1.807) is 0 Å². The standard InChI is InChI=1S/C19H24BrN/c1-6-21-19(16-9-12(2)7-8-13(16)3)17-10-15(5)18(20)11-14(17)4/h7-11,19,21H,6H2,1-5H3. The number of halogens is 1. The third-order valence-corrected chi connectivity index (χ3v) is 4.87. The van der Waals surface area contributed by atoms with Gasteiger partial charge in [-0.15, -0.1) is 0 Å². The third kappa shape index (κ3) is 3.56. The molecule has 2 heteroatoms. The smallest absolute Gasteiger partial charge is 0.0582 e. The zero-order valence-corrected chi connectivity index (χ0v) is 15.1. The number of hydrogen-bond acceptors (Lipinski definition) is 1. The molecule has 1 unspecified atom stereocenters. The largest absolute Gasteiger partial charge is 0.307 e. The van der Waals surface area contributed by atoms with Crippen molar-refractivity contribution in [1.29, 1.82) is 0 Å². The van der Waals surface area contributed by atoms with Crippen molar-refractivity contribution in [2.24, 2.45) is 0 Å². The van der Waals surface area contributed by atoms with Crippen LogP contribution >= 0.6 is 15.9 Å². The van der Waals surface area contributed by atoms with E-state index in [2.05, 4.69) is 86.2 Å². The molecule has 1 N–H and O–H groups in total. The Kier molecular flexibility index (Phi) is 5.23. The summed E-state index contributed by atoms with van der Waals surface area (Å²) in [7, 11) is 0. The normalized spacial score (nSPS) is 12.5. The molecule has 0 aliphatic carbocycles. The van der Waals surface area contributed by atoms with E-state index in [-0.39, 0.29) is 6.04 Å². The summed E-state index contributed by atoms with van der Waals surface area (Å²) in [6, 6.07) is 11.5. The minimum atomic E-state index is 0.252. The van der Waals surface area contributed by atoms with Gasteiger partial charge in [-0.2, -0.15) is 0 Å². The molecule has 1 atom stereocenters. The molecule has 0 aliphatic heterocycles. The number of aryl methyl sites for hydroxylation is 4. The fourth-order valence-corrected chi connectivity index (χ4v) is 3.23. The van der Waals surface area contributed by atoms with E-state index in [0.717, 1.165) is 6.54 Å². The topological polar surface area (TPSA) is 12.0 Å². The van der Waals surface area contributed by atoms with Crippen molar-refractivity contribution in [3.05, 3.63) is 68.2 Å². The Morgan fingerprint density at radius 1 is 0.905 bits per heavy atom. The van der Waals surface area contributed by atoms with E-state index < -0.39 is 0 Å². The van der Waals surface area contributed by atoms with Gasteiger partial charge in [0.15, 0.2) is 0 Å². The summed E-state index contributed by atoms with van der Waals surface area (Å²) >= 11 is 3.63. The van der Waals surface area contributed by atoms with Gasteiger partial charge in [-0.05, 0) is 68.1 Å². The molecule has 112 valence electrons. The van der Waals surface area contributed by atoms with E-state index in [1.165, 1.54) is 37.9 Å². The lowest BCUT2D eigenvalue weighted by Gasteiger charge is -2.24. The van der Waals surface area contributed by atoms with Gasteiger partial charge in [-0.25, -0.2) is 0 Å². The molecule has 0 aliphatic rings. The average Bonchev–Trinajstić information content (AvgIpc) is 2.43. The van der Waals surface area contributed by atoms with E-state index in [9.17, 15) is 0 Å². The fourth-order valence-electron chi connectivity index (χ4n) is 2.78.